The third kappa shape index (κ3) is 9.21. The molecule has 0 saturated heterocycles. The first-order chi connectivity index (χ1) is 14.8. The van der Waals surface area contributed by atoms with Crippen LogP contribution in [0.1, 0.15) is 5.56 Å². The van der Waals surface area contributed by atoms with Gasteiger partial charge in [-0.25, -0.2) is 0 Å². The van der Waals surface area contributed by atoms with Crippen LogP contribution in [0.25, 0.3) is 0 Å². The van der Waals surface area contributed by atoms with Gasteiger partial charge in [-0.15, -0.1) is 11.1 Å². The van der Waals surface area contributed by atoms with Gasteiger partial charge in [-0.2, -0.15) is 0 Å². The second-order valence-corrected chi connectivity index (χ2v) is 7.78. The van der Waals surface area contributed by atoms with Gasteiger partial charge in [0.2, 0.25) is 0 Å². The second kappa shape index (κ2) is 14.9. The zero-order valence-electron chi connectivity index (χ0n) is 17.2. The second-order valence-electron chi connectivity index (χ2n) is 5.81. The van der Waals surface area contributed by atoms with Crippen molar-refractivity contribution in [1.29, 1.82) is 0 Å². The van der Waals surface area contributed by atoms with Crippen molar-refractivity contribution in [3.8, 4) is 17.2 Å². The lowest BCUT2D eigenvalue weighted by Crippen LogP contribution is -2.07. The summed E-state index contributed by atoms with van der Waals surface area (Å²) in [4.78, 5) is 0. The third-order valence-corrected chi connectivity index (χ3v) is 5.61. The lowest BCUT2D eigenvalue weighted by atomic mass is 10.1. The first kappa shape index (κ1) is 24.3. The molecule has 2 aromatic carbocycles. The number of ether oxygens (including phenoxy) is 3. The zero-order valence-corrected chi connectivity index (χ0v) is 19.0. The topological polar surface area (TPSA) is 67.7 Å². The molecule has 0 spiro atoms. The third-order valence-electron chi connectivity index (χ3n) is 3.69. The Kier molecular flexibility index (Phi) is 12.0. The van der Waals surface area contributed by atoms with E-state index in [0.29, 0.717) is 40.8 Å². The highest BCUT2D eigenvalue weighted by atomic mass is 31.2. The van der Waals surface area contributed by atoms with Crippen LogP contribution in [-0.2, 0) is 20.4 Å². The van der Waals surface area contributed by atoms with Crippen LogP contribution >= 0.6 is 17.1 Å². The van der Waals surface area contributed by atoms with Gasteiger partial charge in [0.15, 0.2) is 0 Å². The fourth-order valence-electron chi connectivity index (χ4n) is 2.22. The van der Waals surface area contributed by atoms with Gasteiger partial charge in [0.1, 0.15) is 17.2 Å². The minimum atomic E-state index is -1.57. The largest absolute Gasteiger partial charge is 0.497 e. The van der Waals surface area contributed by atoms with Crippen molar-refractivity contribution in [3.05, 3.63) is 66.7 Å². The molecule has 0 bridgehead atoms. The smallest absolute Gasteiger partial charge is 0.380 e. The molecule has 0 fully saturated rings. The van der Waals surface area contributed by atoms with Crippen molar-refractivity contribution in [3.63, 3.8) is 0 Å². The molecule has 0 aromatic heterocycles. The summed E-state index contributed by atoms with van der Waals surface area (Å²) in [7, 11) is 2.06. The summed E-state index contributed by atoms with van der Waals surface area (Å²) in [6.07, 6.45) is 2.56. The van der Waals surface area contributed by atoms with Gasteiger partial charge in [0.25, 0.3) is 8.60 Å². The number of para-hydroxylation sites is 1. The van der Waals surface area contributed by atoms with E-state index in [0.717, 1.165) is 23.5 Å². The number of benzene rings is 2. The van der Waals surface area contributed by atoms with E-state index in [1.165, 1.54) is 0 Å². The Balaban J connectivity index is 1.96. The molecule has 0 N–H and O–H groups in total. The molecule has 162 valence electrons. The number of rotatable bonds is 15. The van der Waals surface area contributed by atoms with Gasteiger partial charge in [-0.3, -0.25) is 0 Å². The quantitative estimate of drug-likeness (QED) is 0.193. The van der Waals surface area contributed by atoms with Crippen LogP contribution in [0.2, 0.25) is 0 Å². The predicted molar refractivity (Wildman–Crippen MR) is 120 cm³/mol. The fraction of sp³-hybridized carbons (Fsp3) is 0.333. The summed E-state index contributed by atoms with van der Waals surface area (Å²) in [5.41, 5.74) is 1.04. The normalized spacial score (nSPS) is 11.9. The van der Waals surface area contributed by atoms with Crippen molar-refractivity contribution < 1.29 is 27.8 Å². The SMILES string of the molecule is C=CCc1ccccc1OP=NP(OCCOCCOC)Oc1ccc(OC)cc1. The monoisotopic (exact) mass is 451 g/mol. The van der Waals surface area contributed by atoms with Gasteiger partial charge < -0.3 is 27.8 Å². The van der Waals surface area contributed by atoms with Crippen LogP contribution in [0.5, 0.6) is 17.2 Å². The van der Waals surface area contributed by atoms with Crippen molar-refractivity contribution in [2.45, 2.75) is 6.42 Å². The van der Waals surface area contributed by atoms with Crippen LogP contribution in [-0.4, -0.2) is 40.6 Å². The molecule has 30 heavy (non-hydrogen) atoms. The summed E-state index contributed by atoms with van der Waals surface area (Å²) < 4.78 is 37.4. The van der Waals surface area contributed by atoms with Gasteiger partial charge in [-0.05, 0) is 42.3 Å². The fourth-order valence-corrected chi connectivity index (χ4v) is 3.81. The van der Waals surface area contributed by atoms with Crippen LogP contribution < -0.4 is 13.8 Å². The van der Waals surface area contributed by atoms with Gasteiger partial charge in [-0.1, -0.05) is 24.3 Å². The Morgan fingerprint density at radius 1 is 0.967 bits per heavy atom. The summed E-state index contributed by atoms with van der Waals surface area (Å²) in [5, 5.41) is 0. The average molecular weight is 451 g/mol. The van der Waals surface area contributed by atoms with E-state index in [9.17, 15) is 0 Å². The van der Waals surface area contributed by atoms with E-state index in [4.69, 9.17) is 27.8 Å². The van der Waals surface area contributed by atoms with Gasteiger partial charge >= 0.3 is 8.53 Å². The molecule has 0 radical (unpaired) electrons. The molecule has 7 nitrogen and oxygen atoms in total. The predicted octanol–water partition coefficient (Wildman–Crippen LogP) is 5.83. The van der Waals surface area contributed by atoms with E-state index in [1.54, 1.807) is 26.4 Å². The minimum Gasteiger partial charge on any atom is -0.497 e. The van der Waals surface area contributed by atoms with E-state index >= 15 is 0 Å². The van der Waals surface area contributed by atoms with E-state index in [2.05, 4.69) is 11.1 Å². The average Bonchev–Trinajstić information content (AvgIpc) is 2.78. The number of hydrogen-bond acceptors (Lipinski definition) is 7. The van der Waals surface area contributed by atoms with Crippen LogP contribution in [0, 0.1) is 0 Å². The molecule has 0 heterocycles. The van der Waals surface area contributed by atoms with Crippen molar-refractivity contribution in [2.24, 2.45) is 4.52 Å². The highest BCUT2D eigenvalue weighted by molar-refractivity contribution is 7.51. The maximum absolute atomic E-state index is 5.89. The summed E-state index contributed by atoms with van der Waals surface area (Å²) >= 11 is 0. The Hall–Kier alpha value is -2.01. The van der Waals surface area contributed by atoms with Gasteiger partial charge in [0, 0.05) is 7.11 Å². The maximum atomic E-state index is 5.89. The Labute approximate surface area is 180 Å². The minimum absolute atomic E-state index is 0.345. The van der Waals surface area contributed by atoms with Gasteiger partial charge in [0.05, 0.1) is 33.5 Å². The molecule has 2 rings (SSSR count). The lowest BCUT2D eigenvalue weighted by Gasteiger charge is -2.13. The Bertz CT molecular complexity index is 772. The van der Waals surface area contributed by atoms with Crippen molar-refractivity contribution in [2.75, 3.05) is 40.6 Å². The Morgan fingerprint density at radius 3 is 2.43 bits per heavy atom. The molecule has 0 saturated carbocycles. The maximum Gasteiger partial charge on any atom is 0.380 e. The molecule has 0 amide bonds. The van der Waals surface area contributed by atoms with Crippen LogP contribution in [0.3, 0.4) is 0 Å². The molecule has 0 aliphatic carbocycles. The number of nitrogens with zero attached hydrogens (tertiary/aromatic N) is 1. The first-order valence-corrected chi connectivity index (χ1v) is 11.2. The molecule has 0 aliphatic heterocycles. The van der Waals surface area contributed by atoms with Crippen LogP contribution in [0.4, 0.5) is 0 Å². The van der Waals surface area contributed by atoms with E-state index in [-0.39, 0.29) is 0 Å². The van der Waals surface area contributed by atoms with E-state index in [1.807, 2.05) is 42.5 Å². The summed E-state index contributed by atoms with van der Waals surface area (Å²) in [6, 6.07) is 15.0. The molecule has 1 unspecified atom stereocenters. The van der Waals surface area contributed by atoms with Crippen molar-refractivity contribution in [1.82, 2.24) is 0 Å². The van der Waals surface area contributed by atoms with Crippen molar-refractivity contribution >= 4 is 17.1 Å². The number of allylic oxidation sites excluding steroid dienone is 1. The highest BCUT2D eigenvalue weighted by Gasteiger charge is 2.13. The van der Waals surface area contributed by atoms with E-state index < -0.39 is 8.53 Å². The lowest BCUT2D eigenvalue weighted by molar-refractivity contribution is 0.0549. The summed E-state index contributed by atoms with van der Waals surface area (Å²) in [5.74, 6) is 2.13. The number of methoxy groups -OCH3 is 2. The van der Waals surface area contributed by atoms with Crippen LogP contribution in [0.15, 0.2) is 65.7 Å². The molecular formula is C21H27NO6P2. The summed E-state index contributed by atoms with van der Waals surface area (Å²) in [6.45, 7) is 5.59. The highest BCUT2D eigenvalue weighted by Crippen LogP contribution is 2.44. The molecular weight excluding hydrogens is 424 g/mol. The zero-order chi connectivity index (χ0) is 21.4. The number of hydrogen-bond donors (Lipinski definition) is 0. The standard InChI is InChI=1S/C21H27NO6P2/c1-4-7-18-8-5-6-9-21(18)27-29-22-30(26-17-16-25-15-14-23-2)28-20-12-10-19(24-3)11-13-20/h4-6,8-13H,1,7,14-17H2,2-3H3. The Morgan fingerprint density at radius 2 is 1.70 bits per heavy atom. The first-order valence-electron chi connectivity index (χ1n) is 9.35. The molecule has 2 aromatic rings. The molecule has 1 atom stereocenters. The molecule has 9 heteroatoms. The molecule has 0 aliphatic rings.